The minimum Gasteiger partial charge on any atom is -0.508 e. The molecule has 0 radical (unpaired) electrons. The molecule has 4 N–H and O–H groups in total. The summed E-state index contributed by atoms with van der Waals surface area (Å²) in [5.41, 5.74) is -7.53. The Morgan fingerprint density at radius 3 is 1.03 bits per heavy atom. The highest BCUT2D eigenvalue weighted by atomic mass is 32.2. The third kappa shape index (κ3) is 3.31. The van der Waals surface area contributed by atoms with Crippen LogP contribution in [-0.2, 0) is 25.7 Å². The standard InChI is InChI=1S/C15H12F4O8S2/c16-14(17,28(22,23)24)13(15(18,19)29(25,26)27,9-1-5-11(20)6-2-9)10-3-7-12(21)8-4-10/h1-8,20-21H,(H,22,23,24)(H,25,26,27). The molecule has 160 valence electrons. The maximum Gasteiger partial charge on any atom is 0.390 e. The average Bonchev–Trinajstić information content (AvgIpc) is 2.56. The van der Waals surface area contributed by atoms with Crippen LogP contribution in [0, 0.1) is 0 Å². The Bertz CT molecular complexity index is 1020. The number of benzene rings is 2. The van der Waals surface area contributed by atoms with Crippen LogP contribution in [0.3, 0.4) is 0 Å². The Morgan fingerprint density at radius 2 is 0.828 bits per heavy atom. The minimum atomic E-state index is -6.73. The highest BCUT2D eigenvalue weighted by Crippen LogP contribution is 2.58. The third-order valence-electron chi connectivity index (χ3n) is 4.12. The van der Waals surface area contributed by atoms with Gasteiger partial charge in [-0.25, -0.2) is 0 Å². The van der Waals surface area contributed by atoms with E-state index in [0.29, 0.717) is 48.5 Å². The van der Waals surface area contributed by atoms with Gasteiger partial charge in [0.15, 0.2) is 5.41 Å². The SMILES string of the molecule is O=S(=O)(O)C(F)(F)C(c1ccc(O)cc1)(c1ccc(O)cc1)C(F)(F)S(=O)(=O)O. The monoisotopic (exact) mass is 460 g/mol. The zero-order valence-electron chi connectivity index (χ0n) is 13.9. The summed E-state index contributed by atoms with van der Waals surface area (Å²) in [6.45, 7) is 0. The Labute approximate surface area is 161 Å². The molecule has 29 heavy (non-hydrogen) atoms. The van der Waals surface area contributed by atoms with Crippen LogP contribution in [0.25, 0.3) is 0 Å². The van der Waals surface area contributed by atoms with Crippen molar-refractivity contribution in [3.8, 4) is 11.5 Å². The van der Waals surface area contributed by atoms with Crippen LogP contribution in [-0.4, -0.2) is 46.7 Å². The Hall–Kier alpha value is -2.42. The molecule has 0 heterocycles. The first-order valence-electron chi connectivity index (χ1n) is 7.29. The number of phenols is 2. The largest absolute Gasteiger partial charge is 0.508 e. The predicted octanol–water partition coefficient (Wildman–Crippen LogP) is 2.35. The first-order valence-corrected chi connectivity index (χ1v) is 10.2. The number of phenolic OH excluding ortho intramolecular Hbond substituents is 2. The second kappa shape index (κ2) is 6.83. The third-order valence-corrected chi connectivity index (χ3v) is 6.03. The van der Waals surface area contributed by atoms with Gasteiger partial charge in [0, 0.05) is 0 Å². The van der Waals surface area contributed by atoms with Gasteiger partial charge in [0.25, 0.3) is 0 Å². The molecule has 0 saturated heterocycles. The van der Waals surface area contributed by atoms with Crippen molar-refractivity contribution in [3.63, 3.8) is 0 Å². The summed E-state index contributed by atoms with van der Waals surface area (Å²) in [6.07, 6.45) is 0. The van der Waals surface area contributed by atoms with Gasteiger partial charge in [-0.15, -0.1) is 0 Å². The second-order valence-electron chi connectivity index (χ2n) is 5.83. The van der Waals surface area contributed by atoms with Gasteiger partial charge in [0.05, 0.1) is 0 Å². The van der Waals surface area contributed by atoms with Crippen LogP contribution in [0.1, 0.15) is 11.1 Å². The lowest BCUT2D eigenvalue weighted by molar-refractivity contribution is -0.0957. The number of alkyl halides is 4. The van der Waals surface area contributed by atoms with E-state index < -0.39 is 58.8 Å². The average molecular weight is 460 g/mol. The maximum absolute atomic E-state index is 15.0. The van der Waals surface area contributed by atoms with E-state index in [2.05, 4.69) is 0 Å². The summed E-state index contributed by atoms with van der Waals surface area (Å²) in [7, 11) is -13.5. The number of aromatic hydroxyl groups is 2. The van der Waals surface area contributed by atoms with Gasteiger partial charge in [-0.3, -0.25) is 9.11 Å². The van der Waals surface area contributed by atoms with Crippen LogP contribution >= 0.6 is 0 Å². The van der Waals surface area contributed by atoms with E-state index in [0.717, 1.165) is 0 Å². The van der Waals surface area contributed by atoms with Gasteiger partial charge in [0.2, 0.25) is 0 Å². The zero-order valence-corrected chi connectivity index (χ0v) is 15.5. The number of hydrogen-bond donors (Lipinski definition) is 4. The minimum absolute atomic E-state index is 0.361. The van der Waals surface area contributed by atoms with Crippen molar-refractivity contribution in [3.05, 3.63) is 59.7 Å². The summed E-state index contributed by atoms with van der Waals surface area (Å²) < 4.78 is 124. The summed E-state index contributed by atoms with van der Waals surface area (Å²) in [6, 6.07) is 3.74. The fraction of sp³-hybridized carbons (Fsp3) is 0.200. The van der Waals surface area contributed by atoms with E-state index >= 15 is 17.6 Å². The van der Waals surface area contributed by atoms with Crippen molar-refractivity contribution in [2.75, 3.05) is 0 Å². The molecule has 0 bridgehead atoms. The maximum atomic E-state index is 15.0. The van der Waals surface area contributed by atoms with Crippen LogP contribution in [0.15, 0.2) is 48.5 Å². The predicted molar refractivity (Wildman–Crippen MR) is 90.0 cm³/mol. The number of rotatable bonds is 6. The molecular formula is C15H12F4O8S2. The molecule has 0 amide bonds. The van der Waals surface area contributed by atoms with Gasteiger partial charge in [-0.2, -0.15) is 34.4 Å². The topological polar surface area (TPSA) is 149 Å². The molecule has 0 atom stereocenters. The molecule has 0 saturated carbocycles. The normalized spacial score (nSPS) is 14.0. The summed E-state index contributed by atoms with van der Waals surface area (Å²) in [5.74, 6) is -1.28. The van der Waals surface area contributed by atoms with Crippen molar-refractivity contribution in [2.24, 2.45) is 0 Å². The van der Waals surface area contributed by atoms with E-state index in [1.165, 1.54) is 0 Å². The molecule has 2 rings (SSSR count). The van der Waals surface area contributed by atoms with Crippen LogP contribution in [0.5, 0.6) is 11.5 Å². The highest BCUT2D eigenvalue weighted by molar-refractivity contribution is 7.88. The van der Waals surface area contributed by atoms with E-state index in [1.54, 1.807) is 0 Å². The van der Waals surface area contributed by atoms with Crippen LogP contribution in [0.2, 0.25) is 0 Å². The quantitative estimate of drug-likeness (QED) is 0.379. The van der Waals surface area contributed by atoms with Gasteiger partial charge in [0.1, 0.15) is 11.5 Å². The number of hydrogen-bond acceptors (Lipinski definition) is 6. The molecule has 2 aromatic rings. The molecule has 0 aromatic heterocycles. The Kier molecular flexibility index (Phi) is 5.38. The fourth-order valence-corrected chi connectivity index (χ4v) is 4.38. The van der Waals surface area contributed by atoms with E-state index in [1.807, 2.05) is 0 Å². The summed E-state index contributed by atoms with van der Waals surface area (Å²) >= 11 is 0. The molecular weight excluding hydrogens is 448 g/mol. The van der Waals surface area contributed by atoms with Crippen molar-refractivity contribution in [1.82, 2.24) is 0 Å². The van der Waals surface area contributed by atoms with Crippen LogP contribution in [0.4, 0.5) is 17.6 Å². The molecule has 8 nitrogen and oxygen atoms in total. The first kappa shape index (κ1) is 22.9. The van der Waals surface area contributed by atoms with Crippen molar-refractivity contribution >= 4 is 20.2 Å². The summed E-state index contributed by atoms with van der Waals surface area (Å²) in [5, 5.41) is 6.75. The molecule has 0 unspecified atom stereocenters. The molecule has 0 aliphatic carbocycles. The molecule has 0 aliphatic heterocycles. The molecule has 2 aromatic carbocycles. The van der Waals surface area contributed by atoms with Gasteiger partial charge >= 0.3 is 30.7 Å². The molecule has 0 aliphatic rings. The van der Waals surface area contributed by atoms with E-state index in [-0.39, 0.29) is 0 Å². The first-order chi connectivity index (χ1) is 13.0. The number of halogens is 4. The van der Waals surface area contributed by atoms with E-state index in [4.69, 9.17) is 9.11 Å². The lowest BCUT2D eigenvalue weighted by Gasteiger charge is -2.42. The van der Waals surface area contributed by atoms with E-state index in [9.17, 15) is 27.0 Å². The van der Waals surface area contributed by atoms with Gasteiger partial charge in [-0.05, 0) is 35.4 Å². The Balaban J connectivity index is 3.22. The van der Waals surface area contributed by atoms with Crippen molar-refractivity contribution in [2.45, 2.75) is 15.9 Å². The zero-order chi connectivity index (χ0) is 22.5. The van der Waals surface area contributed by atoms with Crippen LogP contribution < -0.4 is 0 Å². The fourth-order valence-electron chi connectivity index (χ4n) is 2.82. The van der Waals surface area contributed by atoms with Gasteiger partial charge in [-0.1, -0.05) is 24.3 Å². The molecule has 0 fully saturated rings. The molecule has 0 spiro atoms. The lowest BCUT2D eigenvalue weighted by atomic mass is 9.74. The van der Waals surface area contributed by atoms with Gasteiger partial charge < -0.3 is 10.2 Å². The lowest BCUT2D eigenvalue weighted by Crippen LogP contribution is -2.64. The Morgan fingerprint density at radius 1 is 0.586 bits per heavy atom. The van der Waals surface area contributed by atoms with Crippen molar-refractivity contribution < 1.29 is 53.7 Å². The smallest absolute Gasteiger partial charge is 0.390 e. The van der Waals surface area contributed by atoms with Crippen molar-refractivity contribution in [1.29, 1.82) is 0 Å². The second-order valence-corrected chi connectivity index (χ2v) is 8.75. The highest BCUT2D eigenvalue weighted by Gasteiger charge is 2.79. The summed E-state index contributed by atoms with van der Waals surface area (Å²) in [4.78, 5) is 0. The molecule has 14 heteroatoms.